The molecular formula is C15H13F3N2O5S2. The quantitative estimate of drug-likeness (QED) is 0.697. The van der Waals surface area contributed by atoms with Gasteiger partial charge in [0, 0.05) is 5.56 Å². The molecule has 0 aliphatic carbocycles. The normalized spacial score (nSPS) is 11.7. The number of ether oxygens (including phenoxy) is 1. The third-order valence-electron chi connectivity index (χ3n) is 3.16. The molecule has 0 atom stereocenters. The van der Waals surface area contributed by atoms with Gasteiger partial charge in [0.1, 0.15) is 11.4 Å². The Labute approximate surface area is 156 Å². The molecule has 2 N–H and O–H groups in total. The maximum Gasteiger partial charge on any atom is 0.405 e. The van der Waals surface area contributed by atoms with Gasteiger partial charge in [0.2, 0.25) is 0 Å². The molecule has 27 heavy (non-hydrogen) atoms. The number of esters is 1. The molecule has 0 fully saturated rings. The molecule has 0 bridgehead atoms. The van der Waals surface area contributed by atoms with Crippen LogP contribution in [0.4, 0.5) is 18.9 Å². The number of hydrogen-bond acceptors (Lipinski definition) is 6. The molecule has 2 aromatic rings. The monoisotopic (exact) mass is 422 g/mol. The van der Waals surface area contributed by atoms with Gasteiger partial charge < -0.3 is 10.1 Å². The lowest BCUT2D eigenvalue weighted by Crippen LogP contribution is -2.33. The van der Waals surface area contributed by atoms with Crippen molar-refractivity contribution in [3.63, 3.8) is 0 Å². The van der Waals surface area contributed by atoms with Gasteiger partial charge in [-0.1, -0.05) is 0 Å². The molecule has 0 saturated carbocycles. The smallest absolute Gasteiger partial charge is 0.405 e. The van der Waals surface area contributed by atoms with E-state index in [0.29, 0.717) is 0 Å². The second kappa shape index (κ2) is 7.96. The first-order chi connectivity index (χ1) is 12.5. The zero-order valence-electron chi connectivity index (χ0n) is 13.7. The summed E-state index contributed by atoms with van der Waals surface area (Å²) in [6, 6.07) is 5.67. The van der Waals surface area contributed by atoms with Gasteiger partial charge in [-0.2, -0.15) is 13.2 Å². The van der Waals surface area contributed by atoms with Gasteiger partial charge in [-0.3, -0.25) is 9.52 Å². The van der Waals surface area contributed by atoms with Crippen LogP contribution in [0.3, 0.4) is 0 Å². The lowest BCUT2D eigenvalue weighted by atomic mass is 10.2. The van der Waals surface area contributed by atoms with Crippen LogP contribution < -0.4 is 10.0 Å². The first-order valence-electron chi connectivity index (χ1n) is 7.17. The second-order valence-corrected chi connectivity index (χ2v) is 7.68. The molecule has 0 spiro atoms. The topological polar surface area (TPSA) is 102 Å². The fourth-order valence-electron chi connectivity index (χ4n) is 1.91. The molecule has 1 heterocycles. The largest absolute Gasteiger partial charge is 0.465 e. The minimum Gasteiger partial charge on any atom is -0.465 e. The van der Waals surface area contributed by atoms with Crippen LogP contribution >= 0.6 is 11.3 Å². The Kier molecular flexibility index (Phi) is 6.11. The van der Waals surface area contributed by atoms with E-state index in [9.17, 15) is 31.2 Å². The zero-order valence-corrected chi connectivity index (χ0v) is 15.3. The molecule has 2 rings (SSSR count). The minimum absolute atomic E-state index is 0.0267. The molecule has 0 aliphatic rings. The minimum atomic E-state index is -4.55. The Morgan fingerprint density at radius 3 is 2.33 bits per heavy atom. The van der Waals surface area contributed by atoms with Gasteiger partial charge in [-0.15, -0.1) is 11.3 Å². The molecule has 0 radical (unpaired) electrons. The van der Waals surface area contributed by atoms with E-state index in [1.807, 2.05) is 0 Å². The summed E-state index contributed by atoms with van der Waals surface area (Å²) in [5.41, 5.74) is -0.108. The molecule has 1 aromatic heterocycles. The molecule has 7 nitrogen and oxygen atoms in total. The predicted molar refractivity (Wildman–Crippen MR) is 91.3 cm³/mol. The van der Waals surface area contributed by atoms with Crippen LogP contribution in [-0.2, 0) is 14.8 Å². The van der Waals surface area contributed by atoms with E-state index < -0.39 is 34.6 Å². The summed E-state index contributed by atoms with van der Waals surface area (Å²) in [5.74, 6) is -1.70. The summed E-state index contributed by atoms with van der Waals surface area (Å²) in [5, 5.41) is 3.18. The van der Waals surface area contributed by atoms with E-state index in [0.717, 1.165) is 42.7 Å². The van der Waals surface area contributed by atoms with Gasteiger partial charge >= 0.3 is 12.1 Å². The van der Waals surface area contributed by atoms with Gasteiger partial charge in [-0.05, 0) is 35.7 Å². The van der Waals surface area contributed by atoms with E-state index in [4.69, 9.17) is 0 Å². The Bertz CT molecular complexity index is 937. The molecule has 1 aromatic carbocycles. The zero-order chi connectivity index (χ0) is 20.2. The van der Waals surface area contributed by atoms with Gasteiger partial charge in [-0.25, -0.2) is 13.2 Å². The van der Waals surface area contributed by atoms with Crippen LogP contribution in [0.15, 0.2) is 40.6 Å². The van der Waals surface area contributed by atoms with Crippen molar-refractivity contribution in [3.05, 3.63) is 46.2 Å². The third kappa shape index (κ3) is 5.44. The Balaban J connectivity index is 2.15. The molecule has 0 aliphatic heterocycles. The van der Waals surface area contributed by atoms with Crippen molar-refractivity contribution in [2.24, 2.45) is 0 Å². The van der Waals surface area contributed by atoms with Crippen molar-refractivity contribution in [2.75, 3.05) is 18.4 Å². The first-order valence-corrected chi connectivity index (χ1v) is 9.53. The molecule has 0 saturated heterocycles. The number of carbonyl (C=O) groups excluding carboxylic acids is 2. The number of methoxy groups -OCH3 is 1. The summed E-state index contributed by atoms with van der Waals surface area (Å²) in [7, 11) is -2.93. The van der Waals surface area contributed by atoms with Crippen LogP contribution in [0.5, 0.6) is 0 Å². The van der Waals surface area contributed by atoms with Crippen molar-refractivity contribution in [3.8, 4) is 0 Å². The van der Waals surface area contributed by atoms with E-state index in [1.54, 1.807) is 5.32 Å². The van der Waals surface area contributed by atoms with E-state index in [1.165, 1.54) is 11.4 Å². The number of halogens is 3. The molecule has 146 valence electrons. The highest BCUT2D eigenvalue weighted by molar-refractivity contribution is 7.92. The van der Waals surface area contributed by atoms with E-state index in [-0.39, 0.29) is 21.0 Å². The highest BCUT2D eigenvalue weighted by Gasteiger charge is 2.28. The predicted octanol–water partition coefficient (Wildman–Crippen LogP) is 2.63. The van der Waals surface area contributed by atoms with Crippen LogP contribution in [0.1, 0.15) is 20.0 Å². The van der Waals surface area contributed by atoms with Crippen molar-refractivity contribution < 1.29 is 35.9 Å². The number of amides is 1. The van der Waals surface area contributed by atoms with Crippen LogP contribution in [0.2, 0.25) is 0 Å². The van der Waals surface area contributed by atoms with Crippen molar-refractivity contribution >= 4 is 38.9 Å². The van der Waals surface area contributed by atoms with Crippen LogP contribution in [0.25, 0.3) is 0 Å². The maximum atomic E-state index is 12.4. The Hall–Kier alpha value is -2.60. The van der Waals surface area contributed by atoms with Crippen molar-refractivity contribution in [1.82, 2.24) is 5.32 Å². The maximum absolute atomic E-state index is 12.4. The number of anilines is 1. The number of thiophene rings is 1. The lowest BCUT2D eigenvalue weighted by Gasteiger charge is -2.10. The summed E-state index contributed by atoms with van der Waals surface area (Å²) in [6.07, 6.45) is -4.55. The van der Waals surface area contributed by atoms with Gasteiger partial charge in [0.15, 0.2) is 0 Å². The fourth-order valence-corrected chi connectivity index (χ4v) is 3.81. The molecule has 1 amide bonds. The SMILES string of the molecule is COC(=O)c1sccc1NS(=O)(=O)c1ccc(C(=O)NCC(F)(F)F)cc1. The fraction of sp³-hybridized carbons (Fsp3) is 0.200. The van der Waals surface area contributed by atoms with Crippen LogP contribution in [-0.4, -0.2) is 40.1 Å². The number of rotatable bonds is 6. The molecule has 12 heteroatoms. The van der Waals surface area contributed by atoms with Crippen molar-refractivity contribution in [1.29, 1.82) is 0 Å². The number of carbonyl (C=O) groups is 2. The standard InChI is InChI=1S/C15H13F3N2O5S2/c1-25-14(22)12-11(6-7-26-12)20-27(23,24)10-4-2-9(3-5-10)13(21)19-8-15(16,17)18/h2-7,20H,8H2,1H3,(H,19,21). The highest BCUT2D eigenvalue weighted by Crippen LogP contribution is 2.26. The summed E-state index contributed by atoms with van der Waals surface area (Å²) >= 11 is 0.986. The van der Waals surface area contributed by atoms with Crippen LogP contribution in [0, 0.1) is 0 Å². The average molecular weight is 422 g/mol. The van der Waals surface area contributed by atoms with Gasteiger partial charge in [0.25, 0.3) is 15.9 Å². The lowest BCUT2D eigenvalue weighted by molar-refractivity contribution is -0.123. The highest BCUT2D eigenvalue weighted by atomic mass is 32.2. The van der Waals surface area contributed by atoms with E-state index >= 15 is 0 Å². The van der Waals surface area contributed by atoms with Gasteiger partial charge in [0.05, 0.1) is 17.7 Å². The molecular weight excluding hydrogens is 409 g/mol. The summed E-state index contributed by atoms with van der Waals surface area (Å²) in [6.45, 7) is -1.50. The summed E-state index contributed by atoms with van der Waals surface area (Å²) < 4.78 is 67.9. The first kappa shape index (κ1) is 20.7. The Morgan fingerprint density at radius 2 is 1.78 bits per heavy atom. The Morgan fingerprint density at radius 1 is 1.15 bits per heavy atom. The average Bonchev–Trinajstić information content (AvgIpc) is 3.05. The molecule has 0 unspecified atom stereocenters. The number of benzene rings is 1. The number of sulfonamides is 1. The second-order valence-electron chi connectivity index (χ2n) is 5.08. The van der Waals surface area contributed by atoms with Crippen molar-refractivity contribution in [2.45, 2.75) is 11.1 Å². The number of hydrogen-bond donors (Lipinski definition) is 2. The third-order valence-corrected chi connectivity index (χ3v) is 5.43. The number of alkyl halides is 3. The number of nitrogens with one attached hydrogen (secondary N) is 2. The van der Waals surface area contributed by atoms with E-state index in [2.05, 4.69) is 9.46 Å². The summed E-state index contributed by atoms with van der Waals surface area (Å²) in [4.78, 5) is 23.1.